The maximum atomic E-state index is 12.4. The first-order valence-electron chi connectivity index (χ1n) is 6.36. The second kappa shape index (κ2) is 4.84. The van der Waals surface area contributed by atoms with Crippen LogP contribution in [-0.4, -0.2) is 26.8 Å². The van der Waals surface area contributed by atoms with Gasteiger partial charge < -0.3 is 9.32 Å². The minimum Gasteiger partial charge on any atom is -0.467 e. The summed E-state index contributed by atoms with van der Waals surface area (Å²) in [6, 6.07) is 4.01. The lowest BCUT2D eigenvalue weighted by Crippen LogP contribution is -2.33. The van der Waals surface area contributed by atoms with E-state index in [1.54, 1.807) is 12.5 Å². The van der Waals surface area contributed by atoms with Gasteiger partial charge in [0.1, 0.15) is 11.5 Å². The van der Waals surface area contributed by atoms with Crippen LogP contribution >= 0.6 is 0 Å². The Morgan fingerprint density at radius 1 is 1.42 bits per heavy atom. The molecule has 2 aromatic heterocycles. The fourth-order valence-corrected chi connectivity index (χ4v) is 1.97. The smallest absolute Gasteiger partial charge is 0.274 e. The Balaban J connectivity index is 1.79. The number of hydrogen-bond donors (Lipinski definition) is 0. The molecule has 1 amide bonds. The number of carbonyl (C=O) groups is 1. The number of aromatic nitrogens is 2. The quantitative estimate of drug-likeness (QED) is 0.842. The van der Waals surface area contributed by atoms with Crippen molar-refractivity contribution in [2.24, 2.45) is 0 Å². The summed E-state index contributed by atoms with van der Waals surface area (Å²) in [6.07, 6.45) is 6.87. The molecule has 1 fully saturated rings. The molecule has 0 unspecified atom stereocenters. The highest BCUT2D eigenvalue weighted by atomic mass is 16.3. The molecule has 5 nitrogen and oxygen atoms in total. The summed E-state index contributed by atoms with van der Waals surface area (Å²) in [5.74, 6) is 0.715. The molecule has 1 aliphatic rings. The van der Waals surface area contributed by atoms with Crippen molar-refractivity contribution in [1.29, 1.82) is 0 Å². The van der Waals surface area contributed by atoms with Gasteiger partial charge in [-0.1, -0.05) is 0 Å². The van der Waals surface area contributed by atoms with Crippen molar-refractivity contribution in [2.75, 3.05) is 0 Å². The van der Waals surface area contributed by atoms with Crippen molar-refractivity contribution in [1.82, 2.24) is 14.9 Å². The van der Waals surface area contributed by atoms with E-state index in [0.717, 1.165) is 24.3 Å². The van der Waals surface area contributed by atoms with Gasteiger partial charge in [-0.25, -0.2) is 4.98 Å². The van der Waals surface area contributed by atoms with Crippen molar-refractivity contribution < 1.29 is 9.21 Å². The van der Waals surface area contributed by atoms with Crippen LogP contribution in [0.15, 0.2) is 35.2 Å². The summed E-state index contributed by atoms with van der Waals surface area (Å²) in [5.41, 5.74) is 1.20. The summed E-state index contributed by atoms with van der Waals surface area (Å²) in [7, 11) is 0. The summed E-state index contributed by atoms with van der Waals surface area (Å²) >= 11 is 0. The van der Waals surface area contributed by atoms with E-state index in [-0.39, 0.29) is 5.91 Å². The first-order valence-corrected chi connectivity index (χ1v) is 6.36. The summed E-state index contributed by atoms with van der Waals surface area (Å²) < 4.78 is 5.32. The molecule has 2 aromatic rings. The van der Waals surface area contributed by atoms with Gasteiger partial charge in [-0.2, -0.15) is 0 Å². The van der Waals surface area contributed by atoms with E-state index < -0.39 is 0 Å². The number of hydrogen-bond acceptors (Lipinski definition) is 4. The van der Waals surface area contributed by atoms with Crippen LogP contribution in [0, 0.1) is 6.92 Å². The van der Waals surface area contributed by atoms with Crippen molar-refractivity contribution in [3.63, 3.8) is 0 Å². The zero-order valence-corrected chi connectivity index (χ0v) is 10.7. The molecule has 3 rings (SSSR count). The van der Waals surface area contributed by atoms with Crippen LogP contribution in [0.3, 0.4) is 0 Å². The SMILES string of the molecule is Cc1cnc(C(=O)N(Cc2ccco2)C2CC2)cn1. The van der Waals surface area contributed by atoms with E-state index in [2.05, 4.69) is 9.97 Å². The van der Waals surface area contributed by atoms with Gasteiger partial charge in [-0.05, 0) is 31.9 Å². The fourth-order valence-electron chi connectivity index (χ4n) is 1.97. The summed E-state index contributed by atoms with van der Waals surface area (Å²) in [6.45, 7) is 2.34. The number of carbonyl (C=O) groups excluding carboxylic acids is 1. The molecule has 0 aromatic carbocycles. The van der Waals surface area contributed by atoms with E-state index in [9.17, 15) is 4.79 Å². The molecule has 0 spiro atoms. The molecule has 0 saturated heterocycles. The Morgan fingerprint density at radius 3 is 2.84 bits per heavy atom. The summed E-state index contributed by atoms with van der Waals surface area (Å²) in [5, 5.41) is 0. The van der Waals surface area contributed by atoms with Gasteiger partial charge in [0.2, 0.25) is 0 Å². The second-order valence-electron chi connectivity index (χ2n) is 4.79. The summed E-state index contributed by atoms with van der Waals surface area (Å²) in [4.78, 5) is 22.5. The molecular weight excluding hydrogens is 242 g/mol. The lowest BCUT2D eigenvalue weighted by molar-refractivity contribution is 0.0711. The average Bonchev–Trinajstić information content (AvgIpc) is 3.13. The first kappa shape index (κ1) is 11.9. The lowest BCUT2D eigenvalue weighted by atomic mass is 10.3. The molecule has 5 heteroatoms. The van der Waals surface area contributed by atoms with Gasteiger partial charge in [-0.15, -0.1) is 0 Å². The number of amides is 1. The molecular formula is C14H15N3O2. The molecule has 98 valence electrons. The van der Waals surface area contributed by atoms with E-state index in [0.29, 0.717) is 18.3 Å². The minimum absolute atomic E-state index is 0.0774. The molecule has 1 aliphatic carbocycles. The molecule has 0 radical (unpaired) electrons. The van der Waals surface area contributed by atoms with E-state index in [1.165, 1.54) is 6.20 Å². The van der Waals surface area contributed by atoms with E-state index in [1.807, 2.05) is 24.0 Å². The maximum Gasteiger partial charge on any atom is 0.274 e. The van der Waals surface area contributed by atoms with Gasteiger partial charge in [0.15, 0.2) is 0 Å². The minimum atomic E-state index is -0.0774. The Morgan fingerprint density at radius 2 is 2.26 bits per heavy atom. The van der Waals surface area contributed by atoms with Crippen LogP contribution < -0.4 is 0 Å². The third-order valence-electron chi connectivity index (χ3n) is 3.15. The zero-order valence-electron chi connectivity index (χ0n) is 10.7. The highest BCUT2D eigenvalue weighted by molar-refractivity contribution is 5.92. The Kier molecular flexibility index (Phi) is 3.03. The lowest BCUT2D eigenvalue weighted by Gasteiger charge is -2.20. The fraction of sp³-hybridized carbons (Fsp3) is 0.357. The third-order valence-corrected chi connectivity index (χ3v) is 3.15. The predicted octanol–water partition coefficient (Wildman–Crippen LogP) is 2.18. The zero-order chi connectivity index (χ0) is 13.2. The van der Waals surface area contributed by atoms with Crippen LogP contribution in [0.1, 0.15) is 34.8 Å². The normalized spacial score (nSPS) is 14.4. The molecule has 1 saturated carbocycles. The highest BCUT2D eigenvalue weighted by Crippen LogP contribution is 2.29. The number of nitrogens with zero attached hydrogens (tertiary/aromatic N) is 3. The van der Waals surface area contributed by atoms with Crippen molar-refractivity contribution in [2.45, 2.75) is 32.4 Å². The Labute approximate surface area is 111 Å². The first-order chi connectivity index (χ1) is 9.24. The Hall–Kier alpha value is -2.17. The van der Waals surface area contributed by atoms with Crippen molar-refractivity contribution >= 4 is 5.91 Å². The molecule has 0 aliphatic heterocycles. The Bertz CT molecular complexity index is 559. The molecule has 0 atom stereocenters. The second-order valence-corrected chi connectivity index (χ2v) is 4.79. The number of aryl methyl sites for hydroxylation is 1. The van der Waals surface area contributed by atoms with Crippen molar-refractivity contribution in [3.8, 4) is 0 Å². The topological polar surface area (TPSA) is 59.2 Å². The monoisotopic (exact) mass is 257 g/mol. The largest absolute Gasteiger partial charge is 0.467 e. The van der Waals surface area contributed by atoms with Gasteiger partial charge >= 0.3 is 0 Å². The van der Waals surface area contributed by atoms with Gasteiger partial charge in [0.25, 0.3) is 5.91 Å². The van der Waals surface area contributed by atoms with Crippen LogP contribution in [0.2, 0.25) is 0 Å². The average molecular weight is 257 g/mol. The van der Waals surface area contributed by atoms with Gasteiger partial charge in [0.05, 0.1) is 24.7 Å². The third kappa shape index (κ3) is 2.65. The van der Waals surface area contributed by atoms with Crippen molar-refractivity contribution in [3.05, 3.63) is 47.9 Å². The standard InChI is InChI=1S/C14H15N3O2/c1-10-7-16-13(8-15-10)14(18)17(11-4-5-11)9-12-3-2-6-19-12/h2-3,6-8,11H,4-5,9H2,1H3. The molecule has 0 bridgehead atoms. The number of furan rings is 1. The molecule has 19 heavy (non-hydrogen) atoms. The van der Waals surface area contributed by atoms with Crippen LogP contribution in [-0.2, 0) is 6.54 Å². The van der Waals surface area contributed by atoms with Crippen LogP contribution in [0.4, 0.5) is 0 Å². The number of rotatable bonds is 4. The van der Waals surface area contributed by atoms with E-state index >= 15 is 0 Å². The van der Waals surface area contributed by atoms with Crippen LogP contribution in [0.5, 0.6) is 0 Å². The molecule has 2 heterocycles. The van der Waals surface area contributed by atoms with Gasteiger partial charge in [-0.3, -0.25) is 9.78 Å². The maximum absolute atomic E-state index is 12.4. The van der Waals surface area contributed by atoms with E-state index in [4.69, 9.17) is 4.42 Å². The predicted molar refractivity (Wildman–Crippen MR) is 68.4 cm³/mol. The highest BCUT2D eigenvalue weighted by Gasteiger charge is 2.34. The van der Waals surface area contributed by atoms with Crippen LogP contribution in [0.25, 0.3) is 0 Å². The molecule has 0 N–H and O–H groups in total. The van der Waals surface area contributed by atoms with Gasteiger partial charge in [0, 0.05) is 12.2 Å².